The van der Waals surface area contributed by atoms with Gasteiger partial charge >= 0.3 is 0 Å². The Morgan fingerprint density at radius 1 is 1.15 bits per heavy atom. The van der Waals surface area contributed by atoms with Gasteiger partial charge < -0.3 is 4.90 Å². The van der Waals surface area contributed by atoms with Gasteiger partial charge in [0, 0.05) is 18.7 Å². The van der Waals surface area contributed by atoms with Gasteiger partial charge in [-0.25, -0.2) is 0 Å². The quantitative estimate of drug-likeness (QED) is 0.420. The molecular formula is C18H28N2. The fourth-order valence-electron chi connectivity index (χ4n) is 2.23. The highest BCUT2D eigenvalue weighted by atomic mass is 15.2. The Kier molecular flexibility index (Phi) is 6.50. The molecule has 0 aromatic heterocycles. The summed E-state index contributed by atoms with van der Waals surface area (Å²) in [4.78, 5) is 2.12. The molecule has 2 heteroatoms. The van der Waals surface area contributed by atoms with Crippen LogP contribution in [0.5, 0.6) is 0 Å². The van der Waals surface area contributed by atoms with Gasteiger partial charge in [-0.1, -0.05) is 52.0 Å². The van der Waals surface area contributed by atoms with Crippen molar-refractivity contribution in [2.75, 3.05) is 11.4 Å². The number of anilines is 1. The number of rotatable bonds is 7. The molecule has 1 aromatic rings. The summed E-state index contributed by atoms with van der Waals surface area (Å²) in [6, 6.07) is 8.57. The van der Waals surface area contributed by atoms with Crippen molar-refractivity contribution in [2.45, 2.75) is 47.0 Å². The maximum atomic E-state index is 8.22. The van der Waals surface area contributed by atoms with E-state index in [1.165, 1.54) is 11.1 Å². The SMILES string of the molecule is C=C(CC)C(C)CN(C(=N)CC)c1ccc(CC)cc1. The molecule has 0 fully saturated rings. The van der Waals surface area contributed by atoms with Crippen molar-refractivity contribution in [2.24, 2.45) is 5.92 Å². The van der Waals surface area contributed by atoms with Crippen molar-refractivity contribution in [3.63, 3.8) is 0 Å². The first kappa shape index (κ1) is 16.5. The molecule has 1 unspecified atom stereocenters. The van der Waals surface area contributed by atoms with E-state index in [9.17, 15) is 0 Å². The minimum absolute atomic E-state index is 0.401. The minimum Gasteiger partial charge on any atom is -0.330 e. The molecule has 0 radical (unpaired) electrons. The average Bonchev–Trinajstić information content (AvgIpc) is 2.50. The van der Waals surface area contributed by atoms with Crippen LogP contribution in [0.15, 0.2) is 36.4 Å². The third kappa shape index (κ3) is 4.22. The van der Waals surface area contributed by atoms with Gasteiger partial charge in [0.05, 0.1) is 5.84 Å². The fourth-order valence-corrected chi connectivity index (χ4v) is 2.23. The van der Waals surface area contributed by atoms with Crippen molar-refractivity contribution in [3.8, 4) is 0 Å². The van der Waals surface area contributed by atoms with Crippen molar-refractivity contribution < 1.29 is 0 Å². The van der Waals surface area contributed by atoms with E-state index < -0.39 is 0 Å². The predicted octanol–water partition coefficient (Wildman–Crippen LogP) is 5.04. The first-order valence-electron chi connectivity index (χ1n) is 7.64. The third-order valence-electron chi connectivity index (χ3n) is 3.92. The maximum absolute atomic E-state index is 8.22. The Hall–Kier alpha value is -1.57. The minimum atomic E-state index is 0.401. The molecule has 1 rings (SSSR count). The van der Waals surface area contributed by atoms with Gasteiger partial charge in [0.25, 0.3) is 0 Å². The molecule has 1 aromatic carbocycles. The van der Waals surface area contributed by atoms with Gasteiger partial charge in [-0.2, -0.15) is 0 Å². The van der Waals surface area contributed by atoms with Gasteiger partial charge in [-0.3, -0.25) is 5.41 Å². The Morgan fingerprint density at radius 3 is 2.20 bits per heavy atom. The van der Waals surface area contributed by atoms with E-state index in [0.717, 1.165) is 31.5 Å². The molecule has 0 aliphatic heterocycles. The largest absolute Gasteiger partial charge is 0.330 e. The molecule has 2 nitrogen and oxygen atoms in total. The lowest BCUT2D eigenvalue weighted by Gasteiger charge is -2.29. The first-order valence-corrected chi connectivity index (χ1v) is 7.64. The van der Waals surface area contributed by atoms with Crippen LogP contribution in [0.25, 0.3) is 0 Å². The molecule has 1 N–H and O–H groups in total. The first-order chi connectivity index (χ1) is 9.53. The van der Waals surface area contributed by atoms with Crippen LogP contribution in [-0.4, -0.2) is 12.4 Å². The summed E-state index contributed by atoms with van der Waals surface area (Å²) in [5.41, 5.74) is 3.71. The van der Waals surface area contributed by atoms with E-state index in [1.807, 2.05) is 6.92 Å². The molecule has 0 amide bonds. The third-order valence-corrected chi connectivity index (χ3v) is 3.92. The summed E-state index contributed by atoms with van der Waals surface area (Å²) in [6.45, 7) is 13.5. The Morgan fingerprint density at radius 2 is 1.75 bits per heavy atom. The number of hydrogen-bond acceptors (Lipinski definition) is 1. The molecule has 110 valence electrons. The summed E-state index contributed by atoms with van der Waals surface area (Å²) in [6.07, 6.45) is 2.80. The van der Waals surface area contributed by atoms with E-state index in [4.69, 9.17) is 5.41 Å². The number of aryl methyl sites for hydroxylation is 1. The normalized spacial score (nSPS) is 12.0. The second-order valence-electron chi connectivity index (χ2n) is 5.34. The van der Waals surface area contributed by atoms with E-state index in [-0.39, 0.29) is 0 Å². The molecule has 0 spiro atoms. The molecule has 20 heavy (non-hydrogen) atoms. The Balaban J connectivity index is 2.93. The monoisotopic (exact) mass is 272 g/mol. The van der Waals surface area contributed by atoms with Crippen molar-refractivity contribution in [1.82, 2.24) is 0 Å². The van der Waals surface area contributed by atoms with Crippen LogP contribution in [0.2, 0.25) is 0 Å². The highest BCUT2D eigenvalue weighted by Gasteiger charge is 2.15. The van der Waals surface area contributed by atoms with E-state index >= 15 is 0 Å². The zero-order valence-corrected chi connectivity index (χ0v) is 13.4. The Bertz CT molecular complexity index is 445. The van der Waals surface area contributed by atoms with E-state index in [0.29, 0.717) is 11.8 Å². The second-order valence-corrected chi connectivity index (χ2v) is 5.34. The van der Waals surface area contributed by atoms with E-state index in [2.05, 4.69) is 56.5 Å². The van der Waals surface area contributed by atoms with Gasteiger partial charge in [0.2, 0.25) is 0 Å². The summed E-state index contributed by atoms with van der Waals surface area (Å²) in [5, 5.41) is 8.22. The lowest BCUT2D eigenvalue weighted by molar-refractivity contribution is 0.662. The smallest absolute Gasteiger partial charge is 0.1000 e. The van der Waals surface area contributed by atoms with Crippen LogP contribution in [0.3, 0.4) is 0 Å². The molecule has 0 saturated carbocycles. The lowest BCUT2D eigenvalue weighted by atomic mass is 9.99. The summed E-state index contributed by atoms with van der Waals surface area (Å²) < 4.78 is 0. The number of nitrogens with zero attached hydrogens (tertiary/aromatic N) is 1. The number of hydrogen-bond donors (Lipinski definition) is 1. The van der Waals surface area contributed by atoms with Gasteiger partial charge in [-0.05, 0) is 36.5 Å². The van der Waals surface area contributed by atoms with Crippen LogP contribution in [-0.2, 0) is 6.42 Å². The van der Waals surface area contributed by atoms with Crippen molar-refractivity contribution in [3.05, 3.63) is 42.0 Å². The van der Waals surface area contributed by atoms with Crippen molar-refractivity contribution >= 4 is 11.5 Å². The van der Waals surface area contributed by atoms with Crippen LogP contribution >= 0.6 is 0 Å². The molecule has 0 aliphatic rings. The molecular weight excluding hydrogens is 244 g/mol. The molecule has 0 heterocycles. The highest BCUT2D eigenvalue weighted by Crippen LogP contribution is 2.21. The Labute approximate surface area is 124 Å². The molecule has 0 bridgehead atoms. The maximum Gasteiger partial charge on any atom is 0.1000 e. The number of amidine groups is 1. The van der Waals surface area contributed by atoms with Crippen LogP contribution < -0.4 is 4.90 Å². The number of benzene rings is 1. The lowest BCUT2D eigenvalue weighted by Crippen LogP contribution is -2.34. The van der Waals surface area contributed by atoms with Gasteiger partial charge in [0.15, 0.2) is 0 Å². The summed E-state index contributed by atoms with van der Waals surface area (Å²) >= 11 is 0. The second kappa shape index (κ2) is 7.88. The van der Waals surface area contributed by atoms with Crippen LogP contribution in [0, 0.1) is 11.3 Å². The molecule has 1 atom stereocenters. The van der Waals surface area contributed by atoms with Crippen LogP contribution in [0.4, 0.5) is 5.69 Å². The number of nitrogens with one attached hydrogen (secondary N) is 1. The standard InChI is InChI=1S/C18H28N2/c1-6-14(4)15(5)13-20(18(19)8-3)17-11-9-16(7-2)10-12-17/h9-12,15,19H,4,6-8,13H2,1-3,5H3. The summed E-state index contributed by atoms with van der Waals surface area (Å²) in [5.74, 6) is 1.07. The summed E-state index contributed by atoms with van der Waals surface area (Å²) in [7, 11) is 0. The predicted molar refractivity (Wildman–Crippen MR) is 89.8 cm³/mol. The highest BCUT2D eigenvalue weighted by molar-refractivity contribution is 5.95. The zero-order chi connectivity index (χ0) is 15.1. The molecule has 0 aliphatic carbocycles. The van der Waals surface area contributed by atoms with E-state index in [1.54, 1.807) is 0 Å². The van der Waals surface area contributed by atoms with Crippen molar-refractivity contribution in [1.29, 1.82) is 5.41 Å². The topological polar surface area (TPSA) is 27.1 Å². The van der Waals surface area contributed by atoms with Gasteiger partial charge in [-0.15, -0.1) is 0 Å². The average molecular weight is 272 g/mol. The van der Waals surface area contributed by atoms with Gasteiger partial charge in [0.1, 0.15) is 0 Å². The molecule has 0 saturated heterocycles. The fraction of sp³-hybridized carbons (Fsp3) is 0.500. The van der Waals surface area contributed by atoms with Crippen LogP contribution in [0.1, 0.15) is 46.1 Å². The zero-order valence-electron chi connectivity index (χ0n) is 13.4.